The Bertz CT molecular complexity index is 842. The maximum absolute atomic E-state index is 12.7. The molecule has 0 saturated heterocycles. The highest BCUT2D eigenvalue weighted by Gasteiger charge is 2.40. The lowest BCUT2D eigenvalue weighted by molar-refractivity contribution is 0.561. The third-order valence-electron chi connectivity index (χ3n) is 3.78. The van der Waals surface area contributed by atoms with Crippen molar-refractivity contribution in [1.82, 2.24) is 0 Å². The topological polar surface area (TPSA) is 68.3 Å². The summed E-state index contributed by atoms with van der Waals surface area (Å²) in [5.74, 6) is -0.120. The summed E-state index contributed by atoms with van der Waals surface area (Å²) in [5, 5.41) is -2.25. The Kier molecular flexibility index (Phi) is 5.26. The van der Waals surface area contributed by atoms with Crippen molar-refractivity contribution >= 4 is 19.7 Å². The standard InChI is InChI=1S/C17H20O4S2/c1-3-23(20,21)17(15-12-8-5-9-13-15)16(22(2,18)19)14-10-6-4-7-11-14/h4-13,16-17H,3H2,1-2H3. The number of sulfone groups is 2. The van der Waals surface area contributed by atoms with Crippen LogP contribution in [0.25, 0.3) is 0 Å². The molecule has 6 heteroatoms. The van der Waals surface area contributed by atoms with Gasteiger partial charge < -0.3 is 0 Å². The number of rotatable bonds is 6. The molecule has 0 aromatic heterocycles. The lowest BCUT2D eigenvalue weighted by atomic mass is 10.0. The lowest BCUT2D eigenvalue weighted by Gasteiger charge is -2.26. The van der Waals surface area contributed by atoms with Gasteiger partial charge in [0.2, 0.25) is 0 Å². The molecule has 4 nitrogen and oxygen atoms in total. The fraction of sp³-hybridized carbons (Fsp3) is 0.294. The molecule has 2 aromatic carbocycles. The van der Waals surface area contributed by atoms with E-state index in [0.717, 1.165) is 6.26 Å². The summed E-state index contributed by atoms with van der Waals surface area (Å²) in [7, 11) is -7.26. The minimum Gasteiger partial charge on any atom is -0.228 e. The fourth-order valence-corrected chi connectivity index (χ4v) is 6.52. The minimum atomic E-state index is -3.64. The van der Waals surface area contributed by atoms with Crippen molar-refractivity contribution in [3.63, 3.8) is 0 Å². The van der Waals surface area contributed by atoms with Crippen LogP contribution in [0.2, 0.25) is 0 Å². The van der Waals surface area contributed by atoms with Crippen molar-refractivity contribution in [3.05, 3.63) is 71.8 Å². The molecule has 0 saturated carbocycles. The van der Waals surface area contributed by atoms with Crippen molar-refractivity contribution in [3.8, 4) is 0 Å². The zero-order valence-electron chi connectivity index (χ0n) is 13.1. The van der Waals surface area contributed by atoms with Gasteiger partial charge in [-0.15, -0.1) is 0 Å². The molecule has 2 unspecified atom stereocenters. The molecular formula is C17H20O4S2. The van der Waals surface area contributed by atoms with Crippen LogP contribution >= 0.6 is 0 Å². The predicted molar refractivity (Wildman–Crippen MR) is 92.7 cm³/mol. The minimum absolute atomic E-state index is 0.120. The van der Waals surface area contributed by atoms with E-state index in [2.05, 4.69) is 0 Å². The van der Waals surface area contributed by atoms with Crippen molar-refractivity contribution in [2.24, 2.45) is 0 Å². The third kappa shape index (κ3) is 4.00. The summed E-state index contributed by atoms with van der Waals surface area (Å²) in [5.41, 5.74) is 0.981. The van der Waals surface area contributed by atoms with Gasteiger partial charge >= 0.3 is 0 Å². The number of hydrogen-bond donors (Lipinski definition) is 0. The summed E-state index contributed by atoms with van der Waals surface area (Å²) >= 11 is 0. The van der Waals surface area contributed by atoms with Gasteiger partial charge in [0.15, 0.2) is 19.7 Å². The molecule has 0 fully saturated rings. The first-order valence-corrected chi connectivity index (χ1v) is 10.9. The molecule has 0 spiro atoms. The van der Waals surface area contributed by atoms with E-state index in [-0.39, 0.29) is 5.75 Å². The van der Waals surface area contributed by atoms with E-state index in [1.165, 1.54) is 6.92 Å². The van der Waals surface area contributed by atoms with Gasteiger partial charge in [-0.05, 0) is 11.1 Å². The van der Waals surface area contributed by atoms with E-state index >= 15 is 0 Å². The summed E-state index contributed by atoms with van der Waals surface area (Å²) in [6, 6.07) is 17.1. The van der Waals surface area contributed by atoms with Crippen molar-refractivity contribution in [1.29, 1.82) is 0 Å². The molecule has 2 rings (SSSR count). The smallest absolute Gasteiger partial charge is 0.158 e. The zero-order valence-corrected chi connectivity index (χ0v) is 14.7. The largest absolute Gasteiger partial charge is 0.228 e. The predicted octanol–water partition coefficient (Wildman–Crippen LogP) is 2.95. The summed E-state index contributed by atoms with van der Waals surface area (Å²) in [6.07, 6.45) is 1.09. The Labute approximate surface area is 138 Å². The summed E-state index contributed by atoms with van der Waals surface area (Å²) in [4.78, 5) is 0. The Morgan fingerprint density at radius 1 is 0.739 bits per heavy atom. The van der Waals surface area contributed by atoms with E-state index in [1.807, 2.05) is 0 Å². The molecule has 0 aliphatic heterocycles. The third-order valence-corrected chi connectivity index (χ3v) is 7.54. The van der Waals surface area contributed by atoms with Crippen LogP contribution in [0, 0.1) is 0 Å². The molecule has 2 atom stereocenters. The monoisotopic (exact) mass is 352 g/mol. The number of hydrogen-bond acceptors (Lipinski definition) is 4. The van der Waals surface area contributed by atoms with E-state index < -0.39 is 30.2 Å². The Hall–Kier alpha value is -1.66. The molecule has 0 aliphatic rings. The molecular weight excluding hydrogens is 332 g/mol. The second-order valence-corrected chi connectivity index (χ2v) is 10.0. The van der Waals surface area contributed by atoms with Crippen molar-refractivity contribution in [2.45, 2.75) is 17.4 Å². The zero-order chi connectivity index (χ0) is 17.1. The van der Waals surface area contributed by atoms with Gasteiger partial charge in [0.25, 0.3) is 0 Å². The van der Waals surface area contributed by atoms with Gasteiger partial charge in [-0.1, -0.05) is 67.6 Å². The van der Waals surface area contributed by atoms with Crippen LogP contribution in [0.3, 0.4) is 0 Å². The molecule has 0 heterocycles. The van der Waals surface area contributed by atoms with Gasteiger partial charge in [0.1, 0.15) is 10.5 Å². The average Bonchev–Trinajstić information content (AvgIpc) is 2.52. The van der Waals surface area contributed by atoms with E-state index in [0.29, 0.717) is 11.1 Å². The molecule has 0 bridgehead atoms. The first kappa shape index (κ1) is 17.7. The van der Waals surface area contributed by atoms with Crippen LogP contribution in [-0.2, 0) is 19.7 Å². The van der Waals surface area contributed by atoms with Crippen LogP contribution in [0.5, 0.6) is 0 Å². The maximum atomic E-state index is 12.7. The summed E-state index contributed by atoms with van der Waals surface area (Å²) in [6.45, 7) is 1.54. The molecule has 0 aliphatic carbocycles. The molecule has 2 aromatic rings. The second-order valence-electron chi connectivity index (χ2n) is 5.44. The number of benzene rings is 2. The Morgan fingerprint density at radius 2 is 1.13 bits per heavy atom. The average molecular weight is 352 g/mol. The van der Waals surface area contributed by atoms with E-state index in [1.54, 1.807) is 60.7 Å². The highest BCUT2D eigenvalue weighted by Crippen LogP contribution is 2.41. The lowest BCUT2D eigenvalue weighted by Crippen LogP contribution is -2.27. The van der Waals surface area contributed by atoms with Gasteiger partial charge in [-0.2, -0.15) is 0 Å². The Balaban J connectivity index is 2.73. The van der Waals surface area contributed by atoms with Crippen LogP contribution in [0.4, 0.5) is 0 Å². The normalized spacial score (nSPS) is 15.0. The first-order valence-electron chi connectivity index (χ1n) is 7.27. The van der Waals surface area contributed by atoms with Gasteiger partial charge in [0.05, 0.1) is 0 Å². The summed E-state index contributed by atoms with van der Waals surface area (Å²) < 4.78 is 50.3. The quantitative estimate of drug-likeness (QED) is 0.801. The molecule has 23 heavy (non-hydrogen) atoms. The van der Waals surface area contributed by atoms with Crippen molar-refractivity contribution < 1.29 is 16.8 Å². The van der Waals surface area contributed by atoms with Gasteiger partial charge in [-0.3, -0.25) is 0 Å². The Morgan fingerprint density at radius 3 is 1.48 bits per heavy atom. The second kappa shape index (κ2) is 6.84. The molecule has 0 N–H and O–H groups in total. The van der Waals surface area contributed by atoms with Crippen LogP contribution in [-0.4, -0.2) is 28.8 Å². The van der Waals surface area contributed by atoms with Crippen LogP contribution in [0.1, 0.15) is 28.6 Å². The van der Waals surface area contributed by atoms with Crippen molar-refractivity contribution in [2.75, 3.05) is 12.0 Å². The molecule has 124 valence electrons. The van der Waals surface area contributed by atoms with E-state index in [9.17, 15) is 16.8 Å². The van der Waals surface area contributed by atoms with Gasteiger partial charge in [0, 0.05) is 12.0 Å². The van der Waals surface area contributed by atoms with Gasteiger partial charge in [-0.25, -0.2) is 16.8 Å². The fourth-order valence-electron chi connectivity index (χ4n) is 2.68. The van der Waals surface area contributed by atoms with Crippen LogP contribution in [0.15, 0.2) is 60.7 Å². The first-order chi connectivity index (χ1) is 10.8. The van der Waals surface area contributed by atoms with E-state index in [4.69, 9.17) is 0 Å². The molecule has 0 radical (unpaired) electrons. The highest BCUT2D eigenvalue weighted by atomic mass is 32.2. The molecule has 0 amide bonds. The highest BCUT2D eigenvalue weighted by molar-refractivity contribution is 7.95. The maximum Gasteiger partial charge on any atom is 0.158 e. The SMILES string of the molecule is CCS(=O)(=O)C(c1ccccc1)C(c1ccccc1)S(C)(=O)=O. The van der Waals surface area contributed by atoms with Crippen LogP contribution < -0.4 is 0 Å².